The number of urea groups is 1. The van der Waals surface area contributed by atoms with E-state index in [9.17, 15) is 14.4 Å². The molecule has 2 heterocycles. The van der Waals surface area contributed by atoms with Crippen LogP contribution in [0.2, 0.25) is 4.34 Å². The zero-order chi connectivity index (χ0) is 20.8. The Kier molecular flexibility index (Phi) is 7.11. The molecule has 0 unspecified atom stereocenters. The Morgan fingerprint density at radius 2 is 1.93 bits per heavy atom. The van der Waals surface area contributed by atoms with Crippen LogP contribution < -0.4 is 20.9 Å². The molecule has 1 aliphatic rings. The van der Waals surface area contributed by atoms with Crippen LogP contribution in [-0.4, -0.2) is 30.4 Å². The number of thiophene rings is 1. The highest BCUT2D eigenvalue weighted by molar-refractivity contribution is 7.20. The molecule has 0 saturated carbocycles. The molecule has 1 atom stereocenters. The van der Waals surface area contributed by atoms with E-state index in [1.54, 1.807) is 29.2 Å². The van der Waals surface area contributed by atoms with Crippen molar-refractivity contribution in [2.75, 3.05) is 22.1 Å². The van der Waals surface area contributed by atoms with Crippen molar-refractivity contribution in [2.24, 2.45) is 0 Å². The highest BCUT2D eigenvalue weighted by atomic mass is 35.5. The molecule has 1 aromatic carbocycles. The molecule has 154 valence electrons. The first-order valence-corrected chi connectivity index (χ1v) is 10.7. The number of amides is 4. The first-order valence-electron chi connectivity index (χ1n) is 9.50. The fourth-order valence-corrected chi connectivity index (χ4v) is 4.06. The number of halogens is 1. The van der Waals surface area contributed by atoms with E-state index in [4.69, 9.17) is 11.6 Å². The molecule has 0 radical (unpaired) electrons. The normalized spacial score (nSPS) is 14.6. The Morgan fingerprint density at radius 3 is 2.52 bits per heavy atom. The lowest BCUT2D eigenvalue weighted by Crippen LogP contribution is -2.45. The average Bonchev–Trinajstić information content (AvgIpc) is 3.30. The maximum absolute atomic E-state index is 12.7. The molecule has 3 rings (SSSR count). The SMILES string of the molecule is CCC[C@@H](NC(=O)Nc1ccc(Cl)s1)C(=O)Nc1ccc(N2CCCC2=O)cc1. The number of nitrogens with zero attached hydrogens (tertiary/aromatic N) is 1. The van der Waals surface area contributed by atoms with Gasteiger partial charge >= 0.3 is 6.03 Å². The molecule has 9 heteroatoms. The van der Waals surface area contributed by atoms with Gasteiger partial charge in [-0.05, 0) is 49.2 Å². The Balaban J connectivity index is 1.58. The zero-order valence-electron chi connectivity index (χ0n) is 16.0. The van der Waals surface area contributed by atoms with Crippen molar-refractivity contribution in [1.29, 1.82) is 0 Å². The molecule has 1 aromatic heterocycles. The number of hydrogen-bond acceptors (Lipinski definition) is 4. The summed E-state index contributed by atoms with van der Waals surface area (Å²) in [6.07, 6.45) is 2.67. The van der Waals surface area contributed by atoms with Gasteiger partial charge < -0.3 is 15.5 Å². The summed E-state index contributed by atoms with van der Waals surface area (Å²) in [5.74, 6) is -0.178. The summed E-state index contributed by atoms with van der Waals surface area (Å²) < 4.78 is 0.572. The van der Waals surface area contributed by atoms with Gasteiger partial charge in [0.2, 0.25) is 11.8 Å². The fourth-order valence-electron chi connectivity index (χ4n) is 3.12. The molecule has 7 nitrogen and oxygen atoms in total. The van der Waals surface area contributed by atoms with Gasteiger partial charge in [0, 0.05) is 24.3 Å². The van der Waals surface area contributed by atoms with Crippen molar-refractivity contribution < 1.29 is 14.4 Å². The molecule has 0 bridgehead atoms. The van der Waals surface area contributed by atoms with Gasteiger partial charge in [0.25, 0.3) is 0 Å². The van der Waals surface area contributed by atoms with Crippen LogP contribution in [0, 0.1) is 0 Å². The Morgan fingerprint density at radius 1 is 1.17 bits per heavy atom. The Hall–Kier alpha value is -2.58. The quantitative estimate of drug-likeness (QED) is 0.601. The van der Waals surface area contributed by atoms with E-state index < -0.39 is 12.1 Å². The fraction of sp³-hybridized carbons (Fsp3) is 0.350. The number of anilines is 3. The Bertz CT molecular complexity index is 884. The molecular formula is C20H23ClN4O3S. The van der Waals surface area contributed by atoms with Crippen LogP contribution in [0.15, 0.2) is 36.4 Å². The number of nitrogens with one attached hydrogen (secondary N) is 3. The molecule has 1 fully saturated rings. The standard InChI is InChI=1S/C20H23ClN4O3S/c1-2-4-15(23-20(28)24-17-11-10-16(21)29-17)19(27)22-13-6-8-14(9-7-13)25-12-3-5-18(25)26/h6-11,15H,2-5,12H2,1H3,(H,22,27)(H2,23,24,28)/t15-/m1/s1. The van der Waals surface area contributed by atoms with E-state index >= 15 is 0 Å². The van der Waals surface area contributed by atoms with Crippen molar-refractivity contribution in [3.05, 3.63) is 40.7 Å². The minimum absolute atomic E-state index is 0.118. The predicted octanol–water partition coefficient (Wildman–Crippen LogP) is 4.46. The van der Waals surface area contributed by atoms with Crippen molar-refractivity contribution in [2.45, 2.75) is 38.6 Å². The molecule has 2 aromatic rings. The van der Waals surface area contributed by atoms with Gasteiger partial charge in [-0.3, -0.25) is 14.9 Å². The second-order valence-electron chi connectivity index (χ2n) is 6.73. The number of rotatable bonds is 7. The molecular weight excluding hydrogens is 412 g/mol. The summed E-state index contributed by atoms with van der Waals surface area (Å²) in [5, 5.41) is 8.82. The highest BCUT2D eigenvalue weighted by Crippen LogP contribution is 2.26. The number of benzene rings is 1. The van der Waals surface area contributed by atoms with Gasteiger partial charge in [-0.2, -0.15) is 0 Å². The summed E-state index contributed by atoms with van der Waals surface area (Å²) in [6.45, 7) is 2.67. The largest absolute Gasteiger partial charge is 0.326 e. The molecule has 1 aliphatic heterocycles. The topological polar surface area (TPSA) is 90.5 Å². The van der Waals surface area contributed by atoms with Crippen LogP contribution in [0.1, 0.15) is 32.6 Å². The van der Waals surface area contributed by atoms with Crippen molar-refractivity contribution >= 4 is 57.2 Å². The van der Waals surface area contributed by atoms with Gasteiger partial charge in [0.1, 0.15) is 6.04 Å². The van der Waals surface area contributed by atoms with Crippen LogP contribution in [0.3, 0.4) is 0 Å². The van der Waals surface area contributed by atoms with E-state index in [1.807, 2.05) is 19.1 Å². The predicted molar refractivity (Wildman–Crippen MR) is 117 cm³/mol. The third-order valence-corrected chi connectivity index (χ3v) is 5.68. The minimum Gasteiger partial charge on any atom is -0.326 e. The van der Waals surface area contributed by atoms with E-state index in [0.29, 0.717) is 27.9 Å². The molecule has 0 aliphatic carbocycles. The number of carbonyl (C=O) groups excluding carboxylic acids is 3. The third-order valence-electron chi connectivity index (χ3n) is 4.53. The number of carbonyl (C=O) groups is 3. The first-order chi connectivity index (χ1) is 14.0. The Labute approximate surface area is 178 Å². The average molecular weight is 435 g/mol. The highest BCUT2D eigenvalue weighted by Gasteiger charge is 2.23. The van der Waals surface area contributed by atoms with E-state index in [0.717, 1.165) is 25.1 Å². The minimum atomic E-state index is -0.671. The van der Waals surface area contributed by atoms with E-state index in [1.165, 1.54) is 11.3 Å². The zero-order valence-corrected chi connectivity index (χ0v) is 17.6. The molecule has 3 N–H and O–H groups in total. The number of hydrogen-bond donors (Lipinski definition) is 3. The second-order valence-corrected chi connectivity index (χ2v) is 8.44. The molecule has 1 saturated heterocycles. The van der Waals surface area contributed by atoms with Gasteiger partial charge in [-0.1, -0.05) is 24.9 Å². The van der Waals surface area contributed by atoms with Crippen LogP contribution in [0.5, 0.6) is 0 Å². The van der Waals surface area contributed by atoms with Crippen molar-refractivity contribution in [1.82, 2.24) is 5.32 Å². The molecule has 29 heavy (non-hydrogen) atoms. The maximum Gasteiger partial charge on any atom is 0.320 e. The lowest BCUT2D eigenvalue weighted by Gasteiger charge is -2.19. The van der Waals surface area contributed by atoms with Crippen LogP contribution in [0.25, 0.3) is 0 Å². The monoisotopic (exact) mass is 434 g/mol. The summed E-state index contributed by atoms with van der Waals surface area (Å²) in [6, 6.07) is 9.41. The lowest BCUT2D eigenvalue weighted by molar-refractivity contribution is -0.118. The van der Waals surface area contributed by atoms with Gasteiger partial charge in [-0.15, -0.1) is 11.3 Å². The van der Waals surface area contributed by atoms with Crippen LogP contribution in [0.4, 0.5) is 21.2 Å². The van der Waals surface area contributed by atoms with Gasteiger partial charge in [0.05, 0.1) is 9.34 Å². The molecule has 4 amide bonds. The summed E-state index contributed by atoms with van der Waals surface area (Å²) in [5.41, 5.74) is 1.43. The third kappa shape index (κ3) is 5.71. The van der Waals surface area contributed by atoms with E-state index in [-0.39, 0.29) is 11.8 Å². The van der Waals surface area contributed by atoms with E-state index in [2.05, 4.69) is 16.0 Å². The summed E-state index contributed by atoms with van der Waals surface area (Å²) >= 11 is 7.11. The smallest absolute Gasteiger partial charge is 0.320 e. The van der Waals surface area contributed by atoms with Crippen LogP contribution >= 0.6 is 22.9 Å². The van der Waals surface area contributed by atoms with Crippen molar-refractivity contribution in [3.63, 3.8) is 0 Å². The van der Waals surface area contributed by atoms with Gasteiger partial charge in [-0.25, -0.2) is 4.79 Å². The summed E-state index contributed by atoms with van der Waals surface area (Å²) in [4.78, 5) is 38.4. The van der Waals surface area contributed by atoms with Crippen LogP contribution in [-0.2, 0) is 9.59 Å². The summed E-state index contributed by atoms with van der Waals surface area (Å²) in [7, 11) is 0. The van der Waals surface area contributed by atoms with Gasteiger partial charge in [0.15, 0.2) is 0 Å². The maximum atomic E-state index is 12.7. The molecule has 0 spiro atoms. The first kappa shape index (κ1) is 21.1. The van der Waals surface area contributed by atoms with Crippen molar-refractivity contribution in [3.8, 4) is 0 Å². The lowest BCUT2D eigenvalue weighted by atomic mass is 10.1. The second kappa shape index (κ2) is 9.76.